The van der Waals surface area contributed by atoms with Crippen molar-refractivity contribution in [3.8, 4) is 0 Å². The number of piperidine rings is 1. The minimum Gasteiger partial charge on any atom is -0.357 e. The van der Waals surface area contributed by atoms with Gasteiger partial charge in [-0.25, -0.2) is 4.98 Å². The van der Waals surface area contributed by atoms with Gasteiger partial charge in [-0.3, -0.25) is 4.79 Å². The van der Waals surface area contributed by atoms with Crippen molar-refractivity contribution in [3.05, 3.63) is 23.9 Å². The van der Waals surface area contributed by atoms with Crippen molar-refractivity contribution < 1.29 is 4.79 Å². The molecule has 0 spiro atoms. The standard InChI is InChI=1S/C17H26N4O/c1-13-6-9-21(10-7-13)16-5-4-14(11-19-16)12-20-17(22)15-3-2-8-18-15/h4-5,11,13,15,18H,2-3,6-10,12H2,1H3,(H,20,22)/t15-/m0/s1. The highest BCUT2D eigenvalue weighted by molar-refractivity contribution is 5.81. The van der Waals surface area contributed by atoms with Crippen LogP contribution in [0.25, 0.3) is 0 Å². The maximum atomic E-state index is 12.0. The summed E-state index contributed by atoms with van der Waals surface area (Å²) in [5, 5.41) is 6.20. The highest BCUT2D eigenvalue weighted by atomic mass is 16.2. The van der Waals surface area contributed by atoms with Gasteiger partial charge in [0.15, 0.2) is 0 Å². The molecular weight excluding hydrogens is 276 g/mol. The van der Waals surface area contributed by atoms with Crippen molar-refractivity contribution in [1.82, 2.24) is 15.6 Å². The third-order valence-corrected chi connectivity index (χ3v) is 4.76. The molecule has 2 aliphatic heterocycles. The van der Waals surface area contributed by atoms with Crippen LogP contribution in [0.1, 0.15) is 38.2 Å². The number of hydrogen-bond acceptors (Lipinski definition) is 4. The molecule has 0 aromatic carbocycles. The van der Waals surface area contributed by atoms with Crippen LogP contribution in [-0.2, 0) is 11.3 Å². The predicted octanol–water partition coefficient (Wildman–Crippen LogP) is 1.69. The van der Waals surface area contributed by atoms with Crippen LogP contribution in [-0.4, -0.2) is 36.6 Å². The van der Waals surface area contributed by atoms with E-state index < -0.39 is 0 Å². The van der Waals surface area contributed by atoms with Crippen LogP contribution >= 0.6 is 0 Å². The Bertz CT molecular complexity index is 488. The van der Waals surface area contributed by atoms with Crippen molar-refractivity contribution in [3.63, 3.8) is 0 Å². The van der Waals surface area contributed by atoms with E-state index in [1.165, 1.54) is 12.8 Å². The normalized spacial score (nSPS) is 22.8. The fourth-order valence-corrected chi connectivity index (χ4v) is 3.17. The van der Waals surface area contributed by atoms with Crippen LogP contribution in [0.5, 0.6) is 0 Å². The minimum absolute atomic E-state index is 0.0115. The lowest BCUT2D eigenvalue weighted by molar-refractivity contribution is -0.122. The number of carbonyl (C=O) groups excluding carboxylic acids is 1. The van der Waals surface area contributed by atoms with Crippen molar-refractivity contribution in [2.75, 3.05) is 24.5 Å². The lowest BCUT2D eigenvalue weighted by Crippen LogP contribution is -2.40. The van der Waals surface area contributed by atoms with E-state index in [1.807, 2.05) is 6.20 Å². The molecule has 0 radical (unpaired) electrons. The van der Waals surface area contributed by atoms with Crippen molar-refractivity contribution in [2.24, 2.45) is 5.92 Å². The summed E-state index contributed by atoms with van der Waals surface area (Å²) in [5.41, 5.74) is 1.06. The van der Waals surface area contributed by atoms with Crippen molar-refractivity contribution in [1.29, 1.82) is 0 Å². The van der Waals surface area contributed by atoms with Crippen LogP contribution in [0.4, 0.5) is 5.82 Å². The predicted molar refractivity (Wildman–Crippen MR) is 87.7 cm³/mol. The maximum Gasteiger partial charge on any atom is 0.237 e. The quantitative estimate of drug-likeness (QED) is 0.888. The molecule has 2 N–H and O–H groups in total. The topological polar surface area (TPSA) is 57.3 Å². The second-order valence-corrected chi connectivity index (χ2v) is 6.56. The van der Waals surface area contributed by atoms with Crippen molar-refractivity contribution in [2.45, 2.75) is 45.2 Å². The van der Waals surface area contributed by atoms with Gasteiger partial charge in [-0.1, -0.05) is 13.0 Å². The second-order valence-electron chi connectivity index (χ2n) is 6.56. The first kappa shape index (κ1) is 15.3. The molecule has 0 saturated carbocycles. The number of anilines is 1. The van der Waals surface area contributed by atoms with Gasteiger partial charge in [-0.15, -0.1) is 0 Å². The van der Waals surface area contributed by atoms with E-state index in [0.29, 0.717) is 6.54 Å². The van der Waals surface area contributed by atoms with Gasteiger partial charge in [0, 0.05) is 25.8 Å². The number of rotatable bonds is 4. The van der Waals surface area contributed by atoms with Gasteiger partial charge in [-0.2, -0.15) is 0 Å². The number of nitrogens with one attached hydrogen (secondary N) is 2. The monoisotopic (exact) mass is 302 g/mol. The zero-order valence-corrected chi connectivity index (χ0v) is 13.3. The van der Waals surface area contributed by atoms with E-state index in [2.05, 4.69) is 39.6 Å². The van der Waals surface area contributed by atoms with Gasteiger partial charge in [-0.05, 0) is 49.8 Å². The molecule has 0 unspecified atom stereocenters. The molecule has 120 valence electrons. The van der Waals surface area contributed by atoms with Crippen LogP contribution < -0.4 is 15.5 Å². The summed E-state index contributed by atoms with van der Waals surface area (Å²) >= 11 is 0. The summed E-state index contributed by atoms with van der Waals surface area (Å²) in [4.78, 5) is 18.9. The van der Waals surface area contributed by atoms with Gasteiger partial charge in [0.2, 0.25) is 5.91 Å². The van der Waals surface area contributed by atoms with Gasteiger partial charge in [0.05, 0.1) is 6.04 Å². The average Bonchev–Trinajstić information content (AvgIpc) is 3.08. The Labute approximate surface area is 132 Å². The Kier molecular flexibility index (Phi) is 4.93. The number of nitrogens with zero attached hydrogens (tertiary/aromatic N) is 2. The molecule has 2 aliphatic rings. The van der Waals surface area contributed by atoms with E-state index in [0.717, 1.165) is 49.8 Å². The van der Waals surface area contributed by atoms with E-state index in [1.54, 1.807) is 0 Å². The maximum absolute atomic E-state index is 12.0. The molecule has 2 fully saturated rings. The summed E-state index contributed by atoms with van der Waals surface area (Å²) in [6, 6.07) is 4.14. The number of carbonyl (C=O) groups is 1. The Morgan fingerprint density at radius 3 is 2.82 bits per heavy atom. The molecular formula is C17H26N4O. The van der Waals surface area contributed by atoms with E-state index in [9.17, 15) is 4.79 Å². The number of amides is 1. The molecule has 0 aliphatic carbocycles. The van der Waals surface area contributed by atoms with Crippen LogP contribution in [0, 0.1) is 5.92 Å². The van der Waals surface area contributed by atoms with Gasteiger partial charge >= 0.3 is 0 Å². The number of pyridine rings is 1. The molecule has 2 saturated heterocycles. The zero-order chi connectivity index (χ0) is 15.4. The molecule has 5 nitrogen and oxygen atoms in total. The molecule has 0 bridgehead atoms. The van der Waals surface area contributed by atoms with Crippen molar-refractivity contribution >= 4 is 11.7 Å². The SMILES string of the molecule is CC1CCN(c2ccc(CNC(=O)[C@@H]3CCCN3)cn2)CC1. The van der Waals surface area contributed by atoms with Crippen LogP contribution in [0.2, 0.25) is 0 Å². The smallest absolute Gasteiger partial charge is 0.237 e. The first-order valence-corrected chi connectivity index (χ1v) is 8.43. The lowest BCUT2D eigenvalue weighted by Gasteiger charge is -2.31. The van der Waals surface area contributed by atoms with Gasteiger partial charge in [0.25, 0.3) is 0 Å². The highest BCUT2D eigenvalue weighted by Crippen LogP contribution is 2.21. The molecule has 22 heavy (non-hydrogen) atoms. The van der Waals surface area contributed by atoms with E-state index in [-0.39, 0.29) is 11.9 Å². The Hall–Kier alpha value is -1.62. The zero-order valence-electron chi connectivity index (χ0n) is 13.3. The fraction of sp³-hybridized carbons (Fsp3) is 0.647. The highest BCUT2D eigenvalue weighted by Gasteiger charge is 2.21. The summed E-state index contributed by atoms with van der Waals surface area (Å²) < 4.78 is 0. The molecule has 1 atom stereocenters. The molecule has 1 amide bonds. The number of aromatic nitrogens is 1. The summed E-state index contributed by atoms with van der Waals surface area (Å²) in [5.74, 6) is 1.99. The summed E-state index contributed by atoms with van der Waals surface area (Å²) in [6.45, 7) is 6.01. The van der Waals surface area contributed by atoms with Crippen LogP contribution in [0.3, 0.4) is 0 Å². The number of hydrogen-bond donors (Lipinski definition) is 2. The summed E-state index contributed by atoms with van der Waals surface area (Å²) in [7, 11) is 0. The summed E-state index contributed by atoms with van der Waals surface area (Å²) in [6.07, 6.45) is 6.40. The lowest BCUT2D eigenvalue weighted by atomic mass is 9.99. The molecule has 3 heterocycles. The molecule has 1 aromatic heterocycles. The molecule has 5 heteroatoms. The largest absolute Gasteiger partial charge is 0.357 e. The van der Waals surface area contributed by atoms with E-state index >= 15 is 0 Å². The molecule has 1 aromatic rings. The third kappa shape index (κ3) is 3.77. The fourth-order valence-electron chi connectivity index (χ4n) is 3.17. The van der Waals surface area contributed by atoms with Gasteiger partial charge < -0.3 is 15.5 Å². The Morgan fingerprint density at radius 2 is 2.18 bits per heavy atom. The average molecular weight is 302 g/mol. The first-order chi connectivity index (χ1) is 10.7. The Morgan fingerprint density at radius 1 is 1.36 bits per heavy atom. The minimum atomic E-state index is -0.0115. The second kappa shape index (κ2) is 7.09. The third-order valence-electron chi connectivity index (χ3n) is 4.76. The van der Waals surface area contributed by atoms with Crippen LogP contribution in [0.15, 0.2) is 18.3 Å². The first-order valence-electron chi connectivity index (χ1n) is 8.43. The molecule has 3 rings (SSSR count). The Balaban J connectivity index is 1.50. The van der Waals surface area contributed by atoms with E-state index in [4.69, 9.17) is 0 Å². The van der Waals surface area contributed by atoms with Gasteiger partial charge in [0.1, 0.15) is 5.82 Å².